The molecule has 0 aromatic heterocycles. The van der Waals surface area contributed by atoms with Crippen molar-refractivity contribution in [3.63, 3.8) is 0 Å². The Bertz CT molecular complexity index is 1160. The number of nitrogens with one attached hydrogen (secondary N) is 1. The van der Waals surface area contributed by atoms with Gasteiger partial charge in [-0.3, -0.25) is 14.9 Å². The smallest absolute Gasteiger partial charge is 0.331 e. The first kappa shape index (κ1) is 30.8. The van der Waals surface area contributed by atoms with Gasteiger partial charge in [0.25, 0.3) is 0 Å². The van der Waals surface area contributed by atoms with E-state index >= 15 is 0 Å². The first-order chi connectivity index (χ1) is 18.9. The van der Waals surface area contributed by atoms with Crippen LogP contribution in [0.1, 0.15) is 59.1 Å². The quantitative estimate of drug-likeness (QED) is 0.415. The molecule has 1 aliphatic rings. The van der Waals surface area contributed by atoms with Crippen LogP contribution in [0.3, 0.4) is 0 Å². The SMILES string of the molecule is CC(C)C[C@H](N[C@@H](C)C(=O)N1C(=O)N(Cc2ccccc2)C[C@H]1C(=O)OC(C)(C)C)C(=O)OCc1ccccc1. The minimum absolute atomic E-state index is 0.00956. The van der Waals surface area contributed by atoms with Crippen LogP contribution in [0.4, 0.5) is 4.79 Å². The highest BCUT2D eigenvalue weighted by Gasteiger charge is 2.48. The molecule has 1 aliphatic heterocycles. The molecule has 0 bridgehead atoms. The number of amides is 3. The predicted molar refractivity (Wildman–Crippen MR) is 151 cm³/mol. The van der Waals surface area contributed by atoms with Gasteiger partial charge in [-0.15, -0.1) is 0 Å². The molecule has 3 amide bonds. The third-order valence-electron chi connectivity index (χ3n) is 6.35. The highest BCUT2D eigenvalue weighted by Crippen LogP contribution is 2.23. The van der Waals surface area contributed by atoms with Crippen molar-refractivity contribution in [1.82, 2.24) is 15.1 Å². The molecule has 1 saturated heterocycles. The van der Waals surface area contributed by atoms with E-state index in [4.69, 9.17) is 9.47 Å². The molecule has 3 rings (SSSR count). The van der Waals surface area contributed by atoms with Crippen LogP contribution in [0, 0.1) is 5.92 Å². The van der Waals surface area contributed by atoms with Gasteiger partial charge in [0.15, 0.2) is 6.04 Å². The van der Waals surface area contributed by atoms with Crippen molar-refractivity contribution >= 4 is 23.9 Å². The summed E-state index contributed by atoms with van der Waals surface area (Å²) in [7, 11) is 0. The van der Waals surface area contributed by atoms with Crippen molar-refractivity contribution in [2.75, 3.05) is 6.54 Å². The molecule has 9 heteroatoms. The minimum Gasteiger partial charge on any atom is -0.460 e. The van der Waals surface area contributed by atoms with Crippen LogP contribution in [0.5, 0.6) is 0 Å². The summed E-state index contributed by atoms with van der Waals surface area (Å²) in [5.41, 5.74) is 0.929. The van der Waals surface area contributed by atoms with Crippen molar-refractivity contribution in [2.24, 2.45) is 5.92 Å². The molecular formula is C31H41N3O6. The van der Waals surface area contributed by atoms with E-state index in [1.807, 2.05) is 74.5 Å². The molecule has 2 aromatic rings. The van der Waals surface area contributed by atoms with Crippen LogP contribution < -0.4 is 5.32 Å². The number of carbonyl (C=O) groups excluding carboxylic acids is 4. The molecule has 3 atom stereocenters. The number of carbonyl (C=O) groups is 4. The van der Waals surface area contributed by atoms with E-state index < -0.39 is 47.6 Å². The van der Waals surface area contributed by atoms with Crippen LogP contribution in [0.25, 0.3) is 0 Å². The average Bonchev–Trinajstić information content (AvgIpc) is 3.22. The van der Waals surface area contributed by atoms with Crippen LogP contribution in [-0.4, -0.2) is 63.9 Å². The third kappa shape index (κ3) is 8.64. The zero-order valence-corrected chi connectivity index (χ0v) is 24.3. The van der Waals surface area contributed by atoms with Gasteiger partial charge >= 0.3 is 18.0 Å². The maximum atomic E-state index is 13.7. The van der Waals surface area contributed by atoms with Gasteiger partial charge < -0.3 is 14.4 Å². The van der Waals surface area contributed by atoms with Crippen LogP contribution in [0.15, 0.2) is 60.7 Å². The Morgan fingerprint density at radius 1 is 0.950 bits per heavy atom. The second-order valence-electron chi connectivity index (χ2n) is 11.6. The van der Waals surface area contributed by atoms with Crippen molar-refractivity contribution in [3.8, 4) is 0 Å². The second kappa shape index (κ2) is 13.6. The van der Waals surface area contributed by atoms with Crippen molar-refractivity contribution < 1.29 is 28.7 Å². The van der Waals surface area contributed by atoms with Gasteiger partial charge in [-0.1, -0.05) is 74.5 Å². The van der Waals surface area contributed by atoms with Gasteiger partial charge in [-0.05, 0) is 51.2 Å². The fourth-order valence-electron chi connectivity index (χ4n) is 4.50. The number of urea groups is 1. The van der Waals surface area contributed by atoms with Gasteiger partial charge in [-0.25, -0.2) is 14.5 Å². The standard InChI is InChI=1S/C31H41N3O6/c1-21(2)17-25(28(36)39-20-24-15-11-8-12-16-24)32-22(3)27(35)34-26(29(37)40-31(4,5)6)19-33(30(34)38)18-23-13-9-7-10-14-23/h7-16,21-22,25-26,32H,17-20H2,1-6H3/t22-,25-,26-/m0/s1. The molecule has 1 fully saturated rings. The summed E-state index contributed by atoms with van der Waals surface area (Å²) < 4.78 is 11.1. The first-order valence-corrected chi connectivity index (χ1v) is 13.7. The minimum atomic E-state index is -1.11. The predicted octanol–water partition coefficient (Wildman–Crippen LogP) is 4.30. The molecule has 0 radical (unpaired) electrons. The molecule has 9 nitrogen and oxygen atoms in total. The van der Waals surface area contributed by atoms with Crippen molar-refractivity contribution in [2.45, 2.75) is 84.8 Å². The maximum Gasteiger partial charge on any atom is 0.331 e. The Kier molecular flexibility index (Phi) is 10.5. The lowest BCUT2D eigenvalue weighted by molar-refractivity contribution is -0.162. The number of rotatable bonds is 11. The highest BCUT2D eigenvalue weighted by atomic mass is 16.6. The van der Waals surface area contributed by atoms with E-state index in [-0.39, 0.29) is 25.6 Å². The molecule has 0 aliphatic carbocycles. The van der Waals surface area contributed by atoms with E-state index in [1.165, 1.54) is 4.90 Å². The van der Waals surface area contributed by atoms with Gasteiger partial charge in [0.1, 0.15) is 18.2 Å². The Morgan fingerprint density at radius 2 is 1.52 bits per heavy atom. The Balaban J connectivity index is 1.77. The monoisotopic (exact) mass is 551 g/mol. The zero-order chi connectivity index (χ0) is 29.4. The van der Waals surface area contributed by atoms with E-state index in [9.17, 15) is 19.2 Å². The topological polar surface area (TPSA) is 105 Å². The van der Waals surface area contributed by atoms with E-state index in [2.05, 4.69) is 5.32 Å². The summed E-state index contributed by atoms with van der Waals surface area (Å²) in [6.45, 7) is 11.1. The Morgan fingerprint density at radius 3 is 2.08 bits per heavy atom. The van der Waals surface area contributed by atoms with Crippen LogP contribution in [0.2, 0.25) is 0 Å². The zero-order valence-electron chi connectivity index (χ0n) is 24.3. The third-order valence-corrected chi connectivity index (χ3v) is 6.35. The van der Waals surface area contributed by atoms with E-state index in [1.54, 1.807) is 27.7 Å². The number of imide groups is 1. The van der Waals surface area contributed by atoms with Gasteiger partial charge in [0, 0.05) is 6.54 Å². The normalized spacial score (nSPS) is 17.1. The molecule has 1 heterocycles. The van der Waals surface area contributed by atoms with Crippen LogP contribution in [-0.2, 0) is 37.0 Å². The number of hydrogen-bond acceptors (Lipinski definition) is 7. The number of esters is 2. The summed E-state index contributed by atoms with van der Waals surface area (Å²) >= 11 is 0. The Hall–Kier alpha value is -3.72. The molecule has 0 spiro atoms. The lowest BCUT2D eigenvalue weighted by Crippen LogP contribution is -2.55. The second-order valence-corrected chi connectivity index (χ2v) is 11.6. The summed E-state index contributed by atoms with van der Waals surface area (Å²) in [4.78, 5) is 55.8. The summed E-state index contributed by atoms with van der Waals surface area (Å²) in [6, 6.07) is 15.3. The molecule has 0 saturated carbocycles. The first-order valence-electron chi connectivity index (χ1n) is 13.7. The molecular weight excluding hydrogens is 510 g/mol. The maximum absolute atomic E-state index is 13.7. The lowest BCUT2D eigenvalue weighted by atomic mass is 10.0. The average molecular weight is 552 g/mol. The molecule has 2 aromatic carbocycles. The number of nitrogens with zero attached hydrogens (tertiary/aromatic N) is 2. The van der Waals surface area contributed by atoms with Gasteiger partial charge in [-0.2, -0.15) is 0 Å². The van der Waals surface area contributed by atoms with E-state index in [0.29, 0.717) is 6.42 Å². The fourth-order valence-corrected chi connectivity index (χ4v) is 4.50. The van der Waals surface area contributed by atoms with E-state index in [0.717, 1.165) is 16.0 Å². The highest BCUT2D eigenvalue weighted by molar-refractivity contribution is 6.03. The molecule has 0 unspecified atom stereocenters. The fraction of sp³-hybridized carbons (Fsp3) is 0.484. The van der Waals surface area contributed by atoms with Crippen LogP contribution >= 0.6 is 0 Å². The number of benzene rings is 2. The number of ether oxygens (including phenoxy) is 2. The van der Waals surface area contributed by atoms with Gasteiger partial charge in [0.2, 0.25) is 5.91 Å². The lowest BCUT2D eigenvalue weighted by Gasteiger charge is -2.28. The van der Waals surface area contributed by atoms with Gasteiger partial charge in [0.05, 0.1) is 12.6 Å². The van der Waals surface area contributed by atoms with Crippen molar-refractivity contribution in [1.29, 1.82) is 0 Å². The summed E-state index contributed by atoms with van der Waals surface area (Å²) in [5, 5.41) is 3.07. The summed E-state index contributed by atoms with van der Waals surface area (Å²) in [6.07, 6.45) is 0.425. The molecule has 216 valence electrons. The molecule has 40 heavy (non-hydrogen) atoms. The molecule has 1 N–H and O–H groups in total. The van der Waals surface area contributed by atoms with Crippen molar-refractivity contribution in [3.05, 3.63) is 71.8 Å². The summed E-state index contributed by atoms with van der Waals surface area (Å²) in [5.74, 6) is -1.62. The largest absolute Gasteiger partial charge is 0.460 e. The number of hydrogen-bond donors (Lipinski definition) is 1. The Labute approximate surface area is 236 Å².